The minimum atomic E-state index is -0.678. The number of piperidine rings is 1. The Morgan fingerprint density at radius 1 is 1.33 bits per heavy atom. The van der Waals surface area contributed by atoms with Crippen molar-refractivity contribution in [3.05, 3.63) is 41.4 Å². The van der Waals surface area contributed by atoms with Gasteiger partial charge in [0, 0.05) is 37.7 Å². The van der Waals surface area contributed by atoms with Gasteiger partial charge in [0.25, 0.3) is 5.91 Å². The summed E-state index contributed by atoms with van der Waals surface area (Å²) in [4.78, 5) is 38.8. The van der Waals surface area contributed by atoms with E-state index in [9.17, 15) is 18.8 Å². The van der Waals surface area contributed by atoms with Crippen LogP contribution in [0.15, 0.2) is 30.0 Å². The summed E-state index contributed by atoms with van der Waals surface area (Å²) in [6.45, 7) is 6.50. The molecule has 1 aromatic carbocycles. The fraction of sp³-hybridized carbons (Fsp3) is 0.522. The molecule has 0 unspecified atom stereocenters. The van der Waals surface area contributed by atoms with Gasteiger partial charge in [-0.3, -0.25) is 14.4 Å². The number of carbonyl (C=O) groups excluding carboxylic acids is 3. The topological polar surface area (TPSA) is 75.7 Å². The first-order chi connectivity index (χ1) is 14.1. The average molecular weight is 416 g/mol. The second-order valence-electron chi connectivity index (χ2n) is 8.82. The number of ketones is 1. The number of ether oxygens (including phenoxy) is 1. The van der Waals surface area contributed by atoms with Crippen molar-refractivity contribution in [3.63, 3.8) is 0 Å². The summed E-state index contributed by atoms with van der Waals surface area (Å²) in [7, 11) is 0. The molecule has 2 aliphatic heterocycles. The van der Waals surface area contributed by atoms with Crippen LogP contribution < -0.4 is 5.32 Å². The molecule has 1 aromatic rings. The van der Waals surface area contributed by atoms with Crippen LogP contribution in [-0.4, -0.2) is 41.2 Å². The monoisotopic (exact) mass is 416 g/mol. The third-order valence-electron chi connectivity index (χ3n) is 5.54. The first-order valence-corrected chi connectivity index (χ1v) is 10.4. The zero-order valence-electron chi connectivity index (χ0n) is 17.8. The maximum atomic E-state index is 13.2. The number of aryl methyl sites for hydroxylation is 1. The van der Waals surface area contributed by atoms with Crippen molar-refractivity contribution >= 4 is 23.3 Å². The molecule has 3 rings (SSSR count). The Morgan fingerprint density at radius 3 is 2.80 bits per heavy atom. The normalized spacial score (nSPS) is 20.9. The summed E-state index contributed by atoms with van der Waals surface area (Å²) in [6, 6.07) is 4.26. The summed E-state index contributed by atoms with van der Waals surface area (Å²) < 4.78 is 18.9. The first kappa shape index (κ1) is 22.0. The number of allylic oxidation sites excluding steroid dienone is 1. The quantitative estimate of drug-likeness (QED) is 0.793. The Hall–Kier alpha value is -2.70. The molecule has 2 heterocycles. The van der Waals surface area contributed by atoms with Crippen molar-refractivity contribution in [1.82, 2.24) is 4.90 Å². The summed E-state index contributed by atoms with van der Waals surface area (Å²) in [5.41, 5.74) is 0.606. The first-order valence-electron chi connectivity index (χ1n) is 10.4. The highest BCUT2D eigenvalue weighted by Gasteiger charge is 2.35. The van der Waals surface area contributed by atoms with Crippen molar-refractivity contribution in [1.29, 1.82) is 0 Å². The molecule has 162 valence electrons. The second kappa shape index (κ2) is 8.98. The lowest BCUT2D eigenvalue weighted by Crippen LogP contribution is -2.44. The zero-order valence-corrected chi connectivity index (χ0v) is 17.8. The average Bonchev–Trinajstić information content (AvgIpc) is 2.66. The SMILES string of the molecule is Cc1cc(F)ccc1NC(=O)CC[C@@H]1CCCN(C(=O)C2=CC(=O)CC(C)(C)O2)C1. The highest BCUT2D eigenvalue weighted by atomic mass is 19.1. The molecule has 1 saturated heterocycles. The van der Waals surface area contributed by atoms with Gasteiger partial charge in [0.15, 0.2) is 11.5 Å². The number of halogens is 1. The second-order valence-corrected chi connectivity index (χ2v) is 8.82. The fourth-order valence-corrected chi connectivity index (χ4v) is 4.04. The number of hydrogen-bond acceptors (Lipinski definition) is 4. The lowest BCUT2D eigenvalue weighted by atomic mass is 9.92. The molecule has 2 aliphatic rings. The van der Waals surface area contributed by atoms with Gasteiger partial charge in [0.05, 0.1) is 0 Å². The number of amides is 2. The van der Waals surface area contributed by atoms with Crippen LogP contribution in [0.3, 0.4) is 0 Å². The molecule has 0 radical (unpaired) electrons. The van der Waals surface area contributed by atoms with Crippen molar-refractivity contribution in [2.24, 2.45) is 5.92 Å². The highest BCUT2D eigenvalue weighted by molar-refractivity contribution is 6.01. The largest absolute Gasteiger partial charge is 0.481 e. The van der Waals surface area contributed by atoms with E-state index in [0.717, 1.165) is 12.8 Å². The van der Waals surface area contributed by atoms with Crippen LogP contribution in [0.1, 0.15) is 51.5 Å². The van der Waals surface area contributed by atoms with Gasteiger partial charge in [-0.25, -0.2) is 4.39 Å². The minimum absolute atomic E-state index is 0.101. The van der Waals surface area contributed by atoms with Gasteiger partial charge in [0.2, 0.25) is 5.91 Å². The molecule has 30 heavy (non-hydrogen) atoms. The number of carbonyl (C=O) groups is 3. The molecule has 6 nitrogen and oxygen atoms in total. The van der Waals surface area contributed by atoms with Crippen LogP contribution in [0.5, 0.6) is 0 Å². The molecule has 7 heteroatoms. The van der Waals surface area contributed by atoms with E-state index in [-0.39, 0.29) is 41.5 Å². The molecule has 1 N–H and O–H groups in total. The summed E-state index contributed by atoms with van der Waals surface area (Å²) >= 11 is 0. The van der Waals surface area contributed by atoms with Crippen LogP contribution in [0, 0.1) is 18.7 Å². The molecule has 0 aliphatic carbocycles. The van der Waals surface area contributed by atoms with Crippen LogP contribution in [0.4, 0.5) is 10.1 Å². The maximum Gasteiger partial charge on any atom is 0.289 e. The number of anilines is 1. The molecule has 0 saturated carbocycles. The summed E-state index contributed by atoms with van der Waals surface area (Å²) in [5, 5.41) is 2.82. The predicted octanol–water partition coefficient (Wildman–Crippen LogP) is 3.74. The van der Waals surface area contributed by atoms with Crippen molar-refractivity contribution in [2.45, 2.75) is 58.5 Å². The van der Waals surface area contributed by atoms with Gasteiger partial charge >= 0.3 is 0 Å². The molecule has 1 atom stereocenters. The van der Waals surface area contributed by atoms with E-state index in [1.54, 1.807) is 31.7 Å². The van der Waals surface area contributed by atoms with Gasteiger partial charge in [0.1, 0.15) is 11.4 Å². The summed E-state index contributed by atoms with van der Waals surface area (Å²) in [5.74, 6) is -0.501. The highest BCUT2D eigenvalue weighted by Crippen LogP contribution is 2.28. The molecular formula is C23H29FN2O4. The molecule has 0 bridgehead atoms. The number of nitrogens with zero attached hydrogens (tertiary/aromatic N) is 1. The Balaban J connectivity index is 1.53. The van der Waals surface area contributed by atoms with E-state index in [0.29, 0.717) is 37.2 Å². The van der Waals surface area contributed by atoms with E-state index >= 15 is 0 Å². The fourth-order valence-electron chi connectivity index (χ4n) is 4.04. The van der Waals surface area contributed by atoms with E-state index in [1.807, 2.05) is 0 Å². The van der Waals surface area contributed by atoms with Crippen LogP contribution in [0.2, 0.25) is 0 Å². The Bertz CT molecular complexity index is 878. The van der Waals surface area contributed by atoms with E-state index in [4.69, 9.17) is 4.74 Å². The van der Waals surface area contributed by atoms with E-state index in [2.05, 4.69) is 5.32 Å². The molecule has 0 aromatic heterocycles. The molecule has 0 spiro atoms. The third-order valence-corrected chi connectivity index (χ3v) is 5.54. The zero-order chi connectivity index (χ0) is 21.9. The van der Waals surface area contributed by atoms with Gasteiger partial charge in [-0.1, -0.05) is 0 Å². The minimum Gasteiger partial charge on any atom is -0.481 e. The number of nitrogens with one attached hydrogen (secondary N) is 1. The maximum absolute atomic E-state index is 13.2. The van der Waals surface area contributed by atoms with Crippen molar-refractivity contribution in [2.75, 3.05) is 18.4 Å². The smallest absolute Gasteiger partial charge is 0.289 e. The lowest BCUT2D eigenvalue weighted by Gasteiger charge is -2.36. The van der Waals surface area contributed by atoms with Gasteiger partial charge < -0.3 is 15.0 Å². The van der Waals surface area contributed by atoms with Crippen LogP contribution in [-0.2, 0) is 19.1 Å². The third kappa shape index (κ3) is 5.68. The van der Waals surface area contributed by atoms with Gasteiger partial charge in [-0.2, -0.15) is 0 Å². The predicted molar refractivity (Wildman–Crippen MR) is 111 cm³/mol. The lowest BCUT2D eigenvalue weighted by molar-refractivity contribution is -0.139. The standard InChI is InChI=1S/C23H29FN2O4/c1-15-11-17(24)7-8-19(15)25-21(28)9-6-16-5-4-10-26(14-16)22(29)20-12-18(27)13-23(2,3)30-20/h7-8,11-12,16H,4-6,9-10,13-14H2,1-3H3,(H,25,28)/t16-/m0/s1. The Labute approximate surface area is 176 Å². The van der Waals surface area contributed by atoms with Crippen molar-refractivity contribution < 1.29 is 23.5 Å². The van der Waals surface area contributed by atoms with E-state index in [1.165, 1.54) is 18.2 Å². The number of rotatable bonds is 5. The van der Waals surface area contributed by atoms with Gasteiger partial charge in [-0.05, 0) is 69.7 Å². The Morgan fingerprint density at radius 2 is 2.10 bits per heavy atom. The van der Waals surface area contributed by atoms with Crippen LogP contribution in [0.25, 0.3) is 0 Å². The molecular weight excluding hydrogens is 387 g/mol. The molecule has 2 amide bonds. The van der Waals surface area contributed by atoms with Gasteiger partial charge in [-0.15, -0.1) is 0 Å². The Kier molecular flexibility index (Phi) is 6.58. The number of benzene rings is 1. The van der Waals surface area contributed by atoms with E-state index < -0.39 is 5.60 Å². The summed E-state index contributed by atoms with van der Waals surface area (Å²) in [6.07, 6.45) is 4.33. The number of hydrogen-bond donors (Lipinski definition) is 1. The van der Waals surface area contributed by atoms with Crippen molar-refractivity contribution in [3.8, 4) is 0 Å². The molecule has 1 fully saturated rings. The van der Waals surface area contributed by atoms with Crippen LogP contribution >= 0.6 is 0 Å². The number of likely N-dealkylation sites (tertiary alicyclic amines) is 1.